The highest BCUT2D eigenvalue weighted by Crippen LogP contribution is 2.57. The molecule has 5 aliphatic carbocycles. The van der Waals surface area contributed by atoms with Crippen molar-refractivity contribution in [2.24, 2.45) is 17.3 Å². The van der Waals surface area contributed by atoms with Gasteiger partial charge in [-0.25, -0.2) is 0 Å². The Morgan fingerprint density at radius 2 is 1.42 bits per heavy atom. The lowest BCUT2D eigenvalue weighted by molar-refractivity contribution is 0.529. The lowest BCUT2D eigenvalue weighted by Crippen LogP contribution is -2.28. The molecule has 1 aromatic heterocycles. The first-order valence-corrected chi connectivity index (χ1v) is 20.7. The highest BCUT2D eigenvalue weighted by molar-refractivity contribution is 7.26. The van der Waals surface area contributed by atoms with Crippen molar-refractivity contribution in [3.63, 3.8) is 0 Å². The normalized spacial score (nSPS) is 21.8. The van der Waals surface area contributed by atoms with Crippen molar-refractivity contribution in [2.45, 2.75) is 39.0 Å². The van der Waals surface area contributed by atoms with E-state index in [1.807, 2.05) is 11.3 Å². The molecule has 0 fully saturated rings. The highest BCUT2D eigenvalue weighted by atomic mass is 32.1. The molecular weight excluding hydrogens is 683 g/mol. The Bertz CT molecular complexity index is 2760. The van der Waals surface area contributed by atoms with Gasteiger partial charge in [0.2, 0.25) is 0 Å². The number of thiophene rings is 1. The fourth-order valence-corrected chi connectivity index (χ4v) is 11.5. The summed E-state index contributed by atoms with van der Waals surface area (Å²) in [5.41, 5.74) is 16.5. The maximum atomic E-state index is 2.52. The van der Waals surface area contributed by atoms with E-state index in [2.05, 4.69) is 189 Å². The maximum Gasteiger partial charge on any atom is 0.0459 e. The largest absolute Gasteiger partial charge is 0.314 e. The number of benzene rings is 5. The number of rotatable bonds is 5. The molecule has 3 unspecified atom stereocenters. The first-order chi connectivity index (χ1) is 27.0. The number of nitrogens with zero attached hydrogens (tertiary/aromatic N) is 1. The van der Waals surface area contributed by atoms with Crippen molar-refractivity contribution in [3.8, 4) is 11.1 Å². The number of hydrogen-bond donors (Lipinski definition) is 0. The number of allylic oxidation sites excluding steroid dienone is 12. The summed E-state index contributed by atoms with van der Waals surface area (Å²) in [5.74, 6) is 1.09. The van der Waals surface area contributed by atoms with Crippen molar-refractivity contribution < 1.29 is 0 Å². The summed E-state index contributed by atoms with van der Waals surface area (Å²) in [6, 6.07) is 43.1. The van der Waals surface area contributed by atoms with Crippen LogP contribution in [0, 0.1) is 17.3 Å². The van der Waals surface area contributed by atoms with Gasteiger partial charge in [0.1, 0.15) is 0 Å². The van der Waals surface area contributed by atoms with Crippen LogP contribution in [0.25, 0.3) is 42.9 Å². The third-order valence-electron chi connectivity index (χ3n) is 13.0. The predicted octanol–water partition coefficient (Wildman–Crippen LogP) is 14.8. The van der Waals surface area contributed by atoms with Crippen LogP contribution in [0.15, 0.2) is 186 Å². The molecule has 0 bridgehead atoms. The molecule has 0 N–H and O–H groups in total. The zero-order valence-electron chi connectivity index (χ0n) is 31.4. The van der Waals surface area contributed by atoms with E-state index in [-0.39, 0.29) is 11.3 Å². The van der Waals surface area contributed by atoms with Crippen LogP contribution in [0.4, 0.5) is 11.4 Å². The summed E-state index contributed by atoms with van der Waals surface area (Å²) in [7, 11) is 0. The minimum atomic E-state index is 0.0874. The topological polar surface area (TPSA) is 3.24 Å². The molecule has 11 rings (SSSR count). The van der Waals surface area contributed by atoms with Gasteiger partial charge in [0, 0.05) is 60.4 Å². The molecule has 0 saturated carbocycles. The van der Waals surface area contributed by atoms with Crippen molar-refractivity contribution >= 4 is 54.5 Å². The van der Waals surface area contributed by atoms with Crippen molar-refractivity contribution in [3.05, 3.63) is 203 Å². The molecule has 5 aliphatic rings. The van der Waals surface area contributed by atoms with Gasteiger partial charge in [0.25, 0.3) is 0 Å². The molecule has 0 amide bonds. The molecule has 55 heavy (non-hydrogen) atoms. The third-order valence-corrected chi connectivity index (χ3v) is 14.2. The average Bonchev–Trinajstić information content (AvgIpc) is 3.73. The molecular formula is C53H43NS. The summed E-state index contributed by atoms with van der Waals surface area (Å²) < 4.78 is 2.69. The minimum Gasteiger partial charge on any atom is -0.314 e. The molecule has 2 heteroatoms. The summed E-state index contributed by atoms with van der Waals surface area (Å²) in [6.45, 7) is 4.86. The molecule has 0 aliphatic heterocycles. The van der Waals surface area contributed by atoms with Crippen LogP contribution in [0.5, 0.6) is 0 Å². The first kappa shape index (κ1) is 32.7. The lowest BCUT2D eigenvalue weighted by Gasteiger charge is -2.39. The van der Waals surface area contributed by atoms with Gasteiger partial charge in [-0.15, -0.1) is 11.3 Å². The van der Waals surface area contributed by atoms with E-state index in [0.717, 1.165) is 6.42 Å². The van der Waals surface area contributed by atoms with E-state index in [9.17, 15) is 0 Å². The fourth-order valence-electron chi connectivity index (χ4n) is 10.3. The Morgan fingerprint density at radius 3 is 2.25 bits per heavy atom. The first-order valence-electron chi connectivity index (χ1n) is 19.9. The molecule has 5 aromatic carbocycles. The number of anilines is 2. The summed E-state index contributed by atoms with van der Waals surface area (Å²) in [5, 5.41) is 2.67. The van der Waals surface area contributed by atoms with E-state index in [1.165, 1.54) is 83.5 Å². The molecule has 266 valence electrons. The van der Waals surface area contributed by atoms with Crippen molar-refractivity contribution in [2.75, 3.05) is 4.90 Å². The Kier molecular flexibility index (Phi) is 7.54. The second kappa shape index (κ2) is 12.7. The van der Waals surface area contributed by atoms with Gasteiger partial charge >= 0.3 is 0 Å². The minimum absolute atomic E-state index is 0.0874. The maximum absolute atomic E-state index is 2.52. The van der Waals surface area contributed by atoms with Crippen molar-refractivity contribution in [1.82, 2.24) is 0 Å². The fraction of sp³-hybridized carbons (Fsp3) is 0.170. The zero-order valence-corrected chi connectivity index (χ0v) is 32.2. The van der Waals surface area contributed by atoms with E-state index in [1.54, 1.807) is 16.7 Å². The number of fused-ring (bicyclic) bond motifs is 8. The SMILES string of the molecule is CC1(C)C2=CC(c3ccc(N(C4=Cc5ccccc5C5C=CC=CC45)c4ccc(-c5cccc6c5sc5ccccc56)cc4)cc3)=CCC2C2=C1C=CCC2. The van der Waals surface area contributed by atoms with Gasteiger partial charge in [0.15, 0.2) is 0 Å². The molecule has 0 radical (unpaired) electrons. The van der Waals surface area contributed by atoms with Gasteiger partial charge in [-0.2, -0.15) is 0 Å². The van der Waals surface area contributed by atoms with Crippen LogP contribution in [0.3, 0.4) is 0 Å². The van der Waals surface area contributed by atoms with Gasteiger partial charge < -0.3 is 4.90 Å². The smallest absolute Gasteiger partial charge is 0.0459 e. The standard InChI is InChI=1S/C53H43NS/c1-53(2)48-20-9-7-15-43(48)44-31-26-36(32-49(44)53)34-22-27-38(28-23-34)54(50-33-37-12-3-4-13-40(37)42-14-5-6-16-45(42)50)39-29-24-35(25-30-39)41-18-11-19-47-46-17-8-10-21-51(46)55-52(41)47/h3-6,8-14,16-30,32-33,42,44-45H,7,15,31H2,1-2H3. The van der Waals surface area contributed by atoms with Crippen LogP contribution in [-0.4, -0.2) is 0 Å². The monoisotopic (exact) mass is 725 g/mol. The zero-order chi connectivity index (χ0) is 36.7. The highest BCUT2D eigenvalue weighted by Gasteiger charge is 2.43. The lowest BCUT2D eigenvalue weighted by atomic mass is 9.74. The Morgan fingerprint density at radius 1 is 0.691 bits per heavy atom. The Labute approximate surface area is 328 Å². The van der Waals surface area contributed by atoms with E-state index in [4.69, 9.17) is 0 Å². The van der Waals surface area contributed by atoms with Gasteiger partial charge in [-0.3, -0.25) is 0 Å². The van der Waals surface area contributed by atoms with E-state index in [0.29, 0.717) is 11.8 Å². The predicted molar refractivity (Wildman–Crippen MR) is 236 cm³/mol. The van der Waals surface area contributed by atoms with E-state index < -0.39 is 0 Å². The van der Waals surface area contributed by atoms with Gasteiger partial charge in [-0.1, -0.05) is 159 Å². The Balaban J connectivity index is 0.996. The molecule has 6 aromatic rings. The average molecular weight is 726 g/mol. The Hall–Kier alpha value is -5.70. The van der Waals surface area contributed by atoms with E-state index >= 15 is 0 Å². The second-order valence-corrected chi connectivity index (χ2v) is 17.3. The molecule has 1 nitrogen and oxygen atoms in total. The van der Waals surface area contributed by atoms with Crippen LogP contribution in [0.2, 0.25) is 0 Å². The van der Waals surface area contributed by atoms with Crippen LogP contribution in [0.1, 0.15) is 55.7 Å². The molecule has 3 atom stereocenters. The summed E-state index contributed by atoms with van der Waals surface area (Å²) in [6.07, 6.45) is 24.9. The summed E-state index contributed by atoms with van der Waals surface area (Å²) in [4.78, 5) is 2.51. The number of hydrogen-bond acceptors (Lipinski definition) is 2. The van der Waals surface area contributed by atoms with Crippen molar-refractivity contribution in [1.29, 1.82) is 0 Å². The molecule has 1 heterocycles. The quantitative estimate of drug-likeness (QED) is 0.171. The molecule has 0 spiro atoms. The van der Waals surface area contributed by atoms with Gasteiger partial charge in [0.05, 0.1) is 0 Å². The van der Waals surface area contributed by atoms with Gasteiger partial charge in [-0.05, 0) is 94.6 Å². The third kappa shape index (κ3) is 5.19. The van der Waals surface area contributed by atoms with Crippen LogP contribution < -0.4 is 4.90 Å². The van der Waals surface area contributed by atoms with Crippen LogP contribution in [-0.2, 0) is 0 Å². The summed E-state index contributed by atoms with van der Waals surface area (Å²) >= 11 is 1.89. The second-order valence-electron chi connectivity index (χ2n) is 16.3. The molecule has 0 saturated heterocycles. The van der Waals surface area contributed by atoms with Crippen LogP contribution >= 0.6 is 11.3 Å².